The molecule has 0 N–H and O–H groups in total. The summed E-state index contributed by atoms with van der Waals surface area (Å²) in [6, 6.07) is 51.5. The van der Waals surface area contributed by atoms with E-state index in [1.807, 2.05) is 99.8 Å². The van der Waals surface area contributed by atoms with Crippen LogP contribution in [0.3, 0.4) is 0 Å². The Balaban J connectivity index is 0.000000194. The Morgan fingerprint density at radius 3 is 2.23 bits per heavy atom. The van der Waals surface area contributed by atoms with Crippen LogP contribution in [-0.2, 0) is 26.5 Å². The van der Waals surface area contributed by atoms with Crippen LogP contribution >= 0.6 is 0 Å². The summed E-state index contributed by atoms with van der Waals surface area (Å²) in [5, 5.41) is 3.11. The van der Waals surface area contributed by atoms with Crippen molar-refractivity contribution in [3.63, 3.8) is 0 Å². The van der Waals surface area contributed by atoms with Gasteiger partial charge in [0.25, 0.3) is 0 Å². The number of pyridine rings is 2. The Bertz CT molecular complexity index is 2850. The summed E-state index contributed by atoms with van der Waals surface area (Å²) in [5.74, 6) is 0.706. The standard InChI is InChI=1S/C31H20N3O.C18H24NSi.Ir/c1-20-14-19-25-24-10-7-11-26(29(24)35-31(25)32-20)30-33-27-12-5-6-13-28(27)34(30)23-17-15-22(16-18-23)21-8-3-2-4-9-21;1-14(2)11-16-12-17(15-9-7-6-8-10-15)19-13-18(16)20(3,4)5;/h2-10,12-19H,1H3;6-9,12-14H,11H2,1-5H3;/q2*-1;/i;11D2;. The summed E-state index contributed by atoms with van der Waals surface area (Å²) in [6.07, 6.45) is 0.528. The molecule has 1 radical (unpaired) electrons. The molecule has 0 bridgehead atoms. The fourth-order valence-electron chi connectivity index (χ4n) is 6.95. The molecule has 0 spiro atoms. The summed E-state index contributed by atoms with van der Waals surface area (Å²) < 4.78 is 25.6. The Morgan fingerprint density at radius 2 is 1.50 bits per heavy atom. The molecule has 56 heavy (non-hydrogen) atoms. The van der Waals surface area contributed by atoms with Gasteiger partial charge in [-0.2, -0.15) is 0 Å². The molecule has 0 aliphatic rings. The van der Waals surface area contributed by atoms with E-state index in [2.05, 4.69) is 107 Å². The first-order chi connectivity index (χ1) is 27.4. The zero-order valence-electron chi connectivity index (χ0n) is 34.4. The molecule has 0 atom stereocenters. The van der Waals surface area contributed by atoms with E-state index in [0.29, 0.717) is 5.71 Å². The molecule has 4 heterocycles. The fourth-order valence-corrected chi connectivity index (χ4v) is 8.36. The Morgan fingerprint density at radius 1 is 0.768 bits per heavy atom. The van der Waals surface area contributed by atoms with Crippen molar-refractivity contribution in [2.75, 3.05) is 0 Å². The topological polar surface area (TPSA) is 56.7 Å². The molecule has 281 valence electrons. The number of benzene rings is 5. The zero-order chi connectivity index (χ0) is 39.9. The summed E-state index contributed by atoms with van der Waals surface area (Å²) in [4.78, 5) is 14.2. The summed E-state index contributed by atoms with van der Waals surface area (Å²) in [7, 11) is -1.67. The maximum absolute atomic E-state index is 8.55. The smallest absolute Gasteiger partial charge is 0.216 e. The Hall–Kier alpha value is -5.46. The van der Waals surface area contributed by atoms with Crippen molar-refractivity contribution in [2.24, 2.45) is 5.92 Å². The number of rotatable bonds is 7. The van der Waals surface area contributed by atoms with Crippen molar-refractivity contribution in [3.05, 3.63) is 163 Å². The van der Waals surface area contributed by atoms with Gasteiger partial charge in [0.1, 0.15) is 0 Å². The van der Waals surface area contributed by atoms with Crippen molar-refractivity contribution < 1.29 is 27.3 Å². The van der Waals surface area contributed by atoms with Gasteiger partial charge in [-0.25, -0.2) is 4.98 Å². The van der Waals surface area contributed by atoms with Gasteiger partial charge in [0.15, 0.2) is 0 Å². The number of imidazole rings is 1. The summed E-state index contributed by atoms with van der Waals surface area (Å²) >= 11 is 0. The van der Waals surface area contributed by atoms with Crippen molar-refractivity contribution >= 4 is 46.4 Å². The molecule has 0 saturated carbocycles. The van der Waals surface area contributed by atoms with Crippen LogP contribution in [0.15, 0.2) is 144 Å². The third-order valence-electron chi connectivity index (χ3n) is 9.60. The monoisotopic (exact) mass is 927 g/mol. The van der Waals surface area contributed by atoms with Gasteiger partial charge >= 0.3 is 0 Å². The quantitative estimate of drug-likeness (QED) is 0.118. The number of hydrogen-bond acceptors (Lipinski definition) is 4. The molecule has 0 saturated heterocycles. The van der Waals surface area contributed by atoms with Gasteiger partial charge in [-0.1, -0.05) is 111 Å². The number of para-hydroxylation sites is 2. The Kier molecular flexibility index (Phi) is 10.6. The van der Waals surface area contributed by atoms with Crippen molar-refractivity contribution in [1.29, 1.82) is 0 Å². The molecule has 5 aromatic carbocycles. The van der Waals surface area contributed by atoms with E-state index in [0.717, 1.165) is 72.2 Å². The van der Waals surface area contributed by atoms with Crippen LogP contribution in [-0.4, -0.2) is 27.6 Å². The maximum Gasteiger partial charge on any atom is 0.216 e. The minimum absolute atomic E-state index is 0. The van der Waals surface area contributed by atoms with Crippen LogP contribution < -0.4 is 5.19 Å². The molecule has 0 aliphatic heterocycles. The van der Waals surface area contributed by atoms with E-state index in [9.17, 15) is 0 Å². The first kappa shape index (κ1) is 36.2. The van der Waals surface area contributed by atoms with Gasteiger partial charge in [0.2, 0.25) is 5.71 Å². The number of furan rings is 1. The second kappa shape index (κ2) is 16.3. The molecular weight excluding hydrogens is 881 g/mol. The minimum atomic E-state index is -1.67. The van der Waals surface area contributed by atoms with E-state index in [-0.39, 0.29) is 26.0 Å². The normalized spacial score (nSPS) is 12.3. The number of aromatic nitrogens is 4. The van der Waals surface area contributed by atoms with E-state index in [1.54, 1.807) is 0 Å². The molecular formula is C49H44IrN4OSi-2. The molecule has 0 amide bonds. The second-order valence-corrected chi connectivity index (χ2v) is 20.2. The van der Waals surface area contributed by atoms with Crippen LogP contribution in [0.1, 0.15) is 27.8 Å². The number of hydrogen-bond donors (Lipinski definition) is 0. The number of aryl methyl sites for hydroxylation is 1. The molecule has 9 rings (SSSR count). The van der Waals surface area contributed by atoms with Gasteiger partial charge in [-0.05, 0) is 77.6 Å². The second-order valence-electron chi connectivity index (χ2n) is 15.1. The molecule has 9 aromatic rings. The predicted octanol–water partition coefficient (Wildman–Crippen LogP) is 12.1. The molecule has 7 heteroatoms. The van der Waals surface area contributed by atoms with Crippen LogP contribution in [0.2, 0.25) is 19.6 Å². The van der Waals surface area contributed by atoms with E-state index >= 15 is 0 Å². The number of nitrogens with zero attached hydrogens (tertiary/aromatic N) is 4. The molecule has 0 fully saturated rings. The molecule has 0 unspecified atom stereocenters. The van der Waals surface area contributed by atoms with Crippen molar-refractivity contribution in [2.45, 2.75) is 46.8 Å². The van der Waals surface area contributed by atoms with Gasteiger partial charge in [-0.3, -0.25) is 4.98 Å². The maximum atomic E-state index is 8.55. The van der Waals surface area contributed by atoms with Crippen LogP contribution in [0.4, 0.5) is 0 Å². The largest absolute Gasteiger partial charge is 0.486 e. The zero-order valence-corrected chi connectivity index (χ0v) is 35.8. The van der Waals surface area contributed by atoms with Gasteiger partial charge in [0, 0.05) is 45.8 Å². The van der Waals surface area contributed by atoms with Crippen LogP contribution in [0.5, 0.6) is 0 Å². The first-order valence-electron chi connectivity index (χ1n) is 19.7. The van der Waals surface area contributed by atoms with Gasteiger partial charge in [-0.15, -0.1) is 54.1 Å². The van der Waals surface area contributed by atoms with Gasteiger partial charge in [0.05, 0.1) is 30.5 Å². The van der Waals surface area contributed by atoms with Crippen LogP contribution in [0.25, 0.3) is 72.6 Å². The summed E-state index contributed by atoms with van der Waals surface area (Å²) in [5.41, 5.74) is 11.0. The third-order valence-corrected chi connectivity index (χ3v) is 11.6. The van der Waals surface area contributed by atoms with Gasteiger partial charge < -0.3 is 14.0 Å². The van der Waals surface area contributed by atoms with E-state index in [4.69, 9.17) is 12.1 Å². The average molecular weight is 927 g/mol. The number of fused-ring (bicyclic) bond motifs is 4. The molecule has 0 aliphatic carbocycles. The summed E-state index contributed by atoms with van der Waals surface area (Å²) in [6.45, 7) is 12.5. The SMILES string of the molecule is Cc1ccc2c(n1)oc1c(-c3nc4ccccc4n3-c3ccc(-c4ccccc4)cc3)[c-]ccc12.[2H]C([2H])(c1cc(-c2[c-]cccc2)ncc1[Si](C)(C)C)C(C)C.[Ir]. The Labute approximate surface area is 346 Å². The predicted molar refractivity (Wildman–Crippen MR) is 231 cm³/mol. The molecule has 5 nitrogen and oxygen atoms in total. The van der Waals surface area contributed by atoms with E-state index in [1.165, 1.54) is 11.1 Å². The fraction of sp³-hybridized carbons (Fsp3) is 0.163. The third kappa shape index (κ3) is 7.94. The van der Waals surface area contributed by atoms with E-state index < -0.39 is 14.4 Å². The van der Waals surface area contributed by atoms with Crippen LogP contribution in [0, 0.1) is 25.0 Å². The average Bonchev–Trinajstić information content (AvgIpc) is 3.79. The first-order valence-corrected chi connectivity index (χ1v) is 22.2. The minimum Gasteiger partial charge on any atom is -0.486 e. The molecule has 4 aromatic heterocycles. The van der Waals surface area contributed by atoms with Crippen molar-refractivity contribution in [1.82, 2.24) is 19.5 Å². The van der Waals surface area contributed by atoms with Crippen molar-refractivity contribution in [3.8, 4) is 39.5 Å².